The van der Waals surface area contributed by atoms with Gasteiger partial charge in [0.25, 0.3) is 0 Å². The molecule has 5 nitrogen and oxygen atoms in total. The molecule has 3 atom stereocenters. The summed E-state index contributed by atoms with van der Waals surface area (Å²) in [7, 11) is 0. The lowest BCUT2D eigenvalue weighted by atomic mass is 9.53. The average Bonchev–Trinajstić information content (AvgIpc) is 3.62. The van der Waals surface area contributed by atoms with E-state index in [0.29, 0.717) is 5.75 Å². The molecule has 1 aromatic carbocycles. The van der Waals surface area contributed by atoms with Crippen molar-refractivity contribution in [2.45, 2.75) is 62.0 Å². The van der Waals surface area contributed by atoms with Crippen LogP contribution in [0.3, 0.4) is 0 Å². The largest absolute Gasteiger partial charge is 0.508 e. The second-order valence-corrected chi connectivity index (χ2v) is 10.7. The van der Waals surface area contributed by atoms with E-state index in [1.54, 1.807) is 0 Å². The van der Waals surface area contributed by atoms with E-state index < -0.39 is 5.60 Å². The first-order valence-electron chi connectivity index (χ1n) is 12.5. The molecule has 170 valence electrons. The smallest absolute Gasteiger partial charge is 0.115 e. The normalized spacial score (nSPS) is 32.7. The highest BCUT2D eigenvalue weighted by Gasteiger charge is 2.63. The van der Waals surface area contributed by atoms with Gasteiger partial charge in [0.2, 0.25) is 0 Å². The number of benzene rings is 1. The van der Waals surface area contributed by atoms with Gasteiger partial charge in [-0.3, -0.25) is 9.88 Å². The Morgan fingerprint density at radius 3 is 2.81 bits per heavy atom. The Hall–Kier alpha value is -1.95. The van der Waals surface area contributed by atoms with E-state index in [1.165, 1.54) is 24.0 Å². The van der Waals surface area contributed by atoms with Crippen molar-refractivity contribution in [1.82, 2.24) is 14.8 Å². The number of phenolic OH excluding ortho intramolecular Hbond substituents is 1. The average molecular weight is 434 g/mol. The Kier molecular flexibility index (Phi) is 5.05. The van der Waals surface area contributed by atoms with Crippen LogP contribution in [0.4, 0.5) is 0 Å². The number of hydrogen-bond acceptors (Lipinski definition) is 5. The molecule has 2 aliphatic carbocycles. The molecule has 0 amide bonds. The van der Waals surface area contributed by atoms with Crippen LogP contribution in [0.15, 0.2) is 42.6 Å². The third-order valence-corrected chi connectivity index (χ3v) is 8.79. The molecule has 5 heteroatoms. The Morgan fingerprint density at radius 2 is 2.00 bits per heavy atom. The van der Waals surface area contributed by atoms with Crippen LogP contribution < -0.4 is 0 Å². The Bertz CT molecular complexity index is 978. The summed E-state index contributed by atoms with van der Waals surface area (Å²) < 4.78 is 0. The minimum absolute atomic E-state index is 0.185. The molecule has 0 radical (unpaired) electrons. The lowest BCUT2D eigenvalue weighted by Crippen LogP contribution is -2.73. The highest BCUT2D eigenvalue weighted by molar-refractivity contribution is 5.48. The van der Waals surface area contributed by atoms with Crippen LogP contribution >= 0.6 is 0 Å². The maximum atomic E-state index is 12.5. The lowest BCUT2D eigenvalue weighted by Gasteiger charge is -2.62. The van der Waals surface area contributed by atoms with Gasteiger partial charge in [-0.05, 0) is 92.9 Å². The fourth-order valence-corrected chi connectivity index (χ4v) is 6.99. The number of phenols is 1. The summed E-state index contributed by atoms with van der Waals surface area (Å²) in [6.07, 6.45) is 9.21. The molecule has 2 aliphatic heterocycles. The number of nitrogens with zero attached hydrogens (tertiary/aromatic N) is 3. The zero-order valence-electron chi connectivity index (χ0n) is 18.9. The minimum atomic E-state index is -0.735. The van der Waals surface area contributed by atoms with E-state index in [9.17, 15) is 10.2 Å². The van der Waals surface area contributed by atoms with E-state index in [0.717, 1.165) is 76.4 Å². The number of piperidine rings is 1. The molecule has 6 rings (SSSR count). The number of rotatable bonds is 5. The maximum absolute atomic E-state index is 12.5. The second kappa shape index (κ2) is 7.82. The first-order valence-corrected chi connectivity index (χ1v) is 12.5. The molecule has 3 heterocycles. The Morgan fingerprint density at radius 1 is 1.09 bits per heavy atom. The van der Waals surface area contributed by atoms with Crippen molar-refractivity contribution in [3.05, 3.63) is 59.4 Å². The fraction of sp³-hybridized carbons (Fsp3) is 0.593. The van der Waals surface area contributed by atoms with Gasteiger partial charge in [0, 0.05) is 49.4 Å². The van der Waals surface area contributed by atoms with Gasteiger partial charge in [0.1, 0.15) is 5.75 Å². The van der Waals surface area contributed by atoms with Crippen LogP contribution in [-0.2, 0) is 18.3 Å². The third-order valence-electron chi connectivity index (χ3n) is 8.79. The van der Waals surface area contributed by atoms with E-state index in [2.05, 4.69) is 33.0 Å². The highest BCUT2D eigenvalue weighted by atomic mass is 16.3. The number of aromatic hydroxyl groups is 1. The number of aliphatic hydroxyl groups is 1. The molecule has 0 spiro atoms. The van der Waals surface area contributed by atoms with Crippen molar-refractivity contribution in [2.75, 3.05) is 32.7 Å². The summed E-state index contributed by atoms with van der Waals surface area (Å²) in [5.41, 5.74) is 2.60. The molecule has 3 unspecified atom stereocenters. The van der Waals surface area contributed by atoms with Crippen LogP contribution in [0.5, 0.6) is 5.75 Å². The number of fused-ring (bicyclic) bond motifs is 1. The molecule has 1 aromatic heterocycles. The minimum Gasteiger partial charge on any atom is -0.508 e. The molecule has 1 saturated carbocycles. The Balaban J connectivity index is 1.36. The third kappa shape index (κ3) is 3.37. The first kappa shape index (κ1) is 20.6. The van der Waals surface area contributed by atoms with Gasteiger partial charge in [-0.25, -0.2) is 0 Å². The number of hydrogen-bond donors (Lipinski definition) is 2. The maximum Gasteiger partial charge on any atom is 0.115 e. The summed E-state index contributed by atoms with van der Waals surface area (Å²) in [5.74, 6) is 1.15. The van der Waals surface area contributed by atoms with Gasteiger partial charge in [-0.1, -0.05) is 12.1 Å². The van der Waals surface area contributed by atoms with E-state index in [-0.39, 0.29) is 11.5 Å². The molecule has 2 saturated heterocycles. The van der Waals surface area contributed by atoms with Crippen molar-refractivity contribution in [3.8, 4) is 5.75 Å². The topological polar surface area (TPSA) is 59.8 Å². The summed E-state index contributed by atoms with van der Waals surface area (Å²) in [6.45, 7) is 5.02. The predicted molar refractivity (Wildman–Crippen MR) is 125 cm³/mol. The van der Waals surface area contributed by atoms with Crippen molar-refractivity contribution in [3.63, 3.8) is 0 Å². The van der Waals surface area contributed by atoms with E-state index >= 15 is 0 Å². The van der Waals surface area contributed by atoms with Gasteiger partial charge >= 0.3 is 0 Å². The van der Waals surface area contributed by atoms with Gasteiger partial charge in [0.05, 0.1) is 5.60 Å². The van der Waals surface area contributed by atoms with E-state index in [4.69, 9.17) is 0 Å². The molecular weight excluding hydrogens is 398 g/mol. The standard InChI is InChI=1S/C27H35N3O2/c31-23-8-7-21-16-25-27(32)10-3-13-29(14-9-22-4-1-2-12-28-22)19-26(27,24(21)17-23)11-15-30(25)18-20-5-6-20/h1-2,4,7-8,12,17,20,25,31-32H,3,5-6,9-11,13-16,18-19H2. The first-order chi connectivity index (χ1) is 15.6. The van der Waals surface area contributed by atoms with Crippen LogP contribution in [0.2, 0.25) is 0 Å². The molecular formula is C27H35N3O2. The number of likely N-dealkylation sites (tertiary alicyclic amines) is 2. The molecule has 2 bridgehead atoms. The van der Waals surface area contributed by atoms with Gasteiger partial charge < -0.3 is 15.1 Å². The van der Waals surface area contributed by atoms with Crippen molar-refractivity contribution < 1.29 is 10.2 Å². The van der Waals surface area contributed by atoms with Crippen molar-refractivity contribution in [2.24, 2.45) is 5.92 Å². The van der Waals surface area contributed by atoms with Gasteiger partial charge in [0.15, 0.2) is 0 Å². The lowest BCUT2D eigenvalue weighted by molar-refractivity contribution is -0.151. The SMILES string of the molecule is Oc1ccc2c(c1)C13CCN(CC4CC4)C(C2)C1(O)CCCN(CCc1ccccn1)C3. The monoisotopic (exact) mass is 433 g/mol. The summed E-state index contributed by atoms with van der Waals surface area (Å²) in [6, 6.07) is 12.2. The summed E-state index contributed by atoms with van der Waals surface area (Å²) in [5, 5.41) is 22.9. The van der Waals surface area contributed by atoms with E-state index in [1.807, 2.05) is 24.4 Å². The van der Waals surface area contributed by atoms with Crippen molar-refractivity contribution in [1.29, 1.82) is 0 Å². The fourth-order valence-electron chi connectivity index (χ4n) is 6.99. The Labute approximate surface area is 191 Å². The summed E-state index contributed by atoms with van der Waals surface area (Å²) >= 11 is 0. The molecule has 4 aliphatic rings. The zero-order valence-corrected chi connectivity index (χ0v) is 18.9. The highest BCUT2D eigenvalue weighted by Crippen LogP contribution is 2.55. The molecule has 3 fully saturated rings. The molecule has 32 heavy (non-hydrogen) atoms. The van der Waals surface area contributed by atoms with Crippen LogP contribution in [-0.4, -0.2) is 69.4 Å². The number of aromatic nitrogens is 1. The molecule has 2 aromatic rings. The second-order valence-electron chi connectivity index (χ2n) is 10.7. The van der Waals surface area contributed by atoms with Gasteiger partial charge in [-0.2, -0.15) is 0 Å². The van der Waals surface area contributed by atoms with Crippen LogP contribution in [0.25, 0.3) is 0 Å². The number of pyridine rings is 1. The van der Waals surface area contributed by atoms with Gasteiger partial charge in [-0.15, -0.1) is 0 Å². The summed E-state index contributed by atoms with van der Waals surface area (Å²) in [4.78, 5) is 9.69. The van der Waals surface area contributed by atoms with Crippen LogP contribution in [0, 0.1) is 5.92 Å². The molecule has 2 N–H and O–H groups in total. The quantitative estimate of drug-likeness (QED) is 0.759. The zero-order chi connectivity index (χ0) is 21.8. The van der Waals surface area contributed by atoms with Crippen molar-refractivity contribution >= 4 is 0 Å². The van der Waals surface area contributed by atoms with Crippen LogP contribution in [0.1, 0.15) is 48.9 Å². The predicted octanol–water partition coefficient (Wildman–Crippen LogP) is 3.14.